The molecular formula is C20H25F3N6O2S. The quantitative estimate of drug-likeness (QED) is 0.525. The van der Waals surface area contributed by atoms with E-state index in [0.717, 1.165) is 56.0 Å². The maximum Gasteiger partial charge on any atom is 0.416 e. The SMILES string of the molecule is CC(Sc1nnc(CNc2cccc(C(F)(F)F)c2)n1C1CCCCC1)C(=O)NC(N)=O. The average molecular weight is 471 g/mol. The first kappa shape index (κ1) is 23.9. The summed E-state index contributed by atoms with van der Waals surface area (Å²) in [6.07, 6.45) is 0.645. The second-order valence-corrected chi connectivity index (χ2v) is 8.91. The van der Waals surface area contributed by atoms with Gasteiger partial charge in [0.1, 0.15) is 0 Å². The van der Waals surface area contributed by atoms with E-state index in [1.807, 2.05) is 4.57 Å². The summed E-state index contributed by atoms with van der Waals surface area (Å²) in [5, 5.41) is 13.4. The number of rotatable bonds is 7. The number of anilines is 1. The normalized spacial score (nSPS) is 15.9. The van der Waals surface area contributed by atoms with Crippen molar-refractivity contribution in [2.75, 3.05) is 5.32 Å². The molecule has 3 rings (SSSR count). The molecule has 174 valence electrons. The number of amides is 3. The van der Waals surface area contributed by atoms with Crippen molar-refractivity contribution in [3.8, 4) is 0 Å². The Balaban J connectivity index is 1.80. The zero-order valence-corrected chi connectivity index (χ0v) is 18.3. The Bertz CT molecular complexity index is 959. The number of primary amides is 1. The predicted octanol–water partition coefficient (Wildman–Crippen LogP) is 4.09. The number of carbonyl (C=O) groups is 2. The lowest BCUT2D eigenvalue weighted by Gasteiger charge is -2.26. The van der Waals surface area contributed by atoms with Crippen LogP contribution < -0.4 is 16.4 Å². The van der Waals surface area contributed by atoms with Crippen molar-refractivity contribution in [1.82, 2.24) is 20.1 Å². The Morgan fingerprint density at radius 3 is 2.62 bits per heavy atom. The van der Waals surface area contributed by atoms with E-state index >= 15 is 0 Å². The summed E-state index contributed by atoms with van der Waals surface area (Å²) >= 11 is 1.16. The number of hydrogen-bond donors (Lipinski definition) is 3. The van der Waals surface area contributed by atoms with Crippen LogP contribution in [0.15, 0.2) is 29.4 Å². The molecule has 0 radical (unpaired) electrons. The third-order valence-corrected chi connectivity index (χ3v) is 6.27. The Morgan fingerprint density at radius 2 is 1.97 bits per heavy atom. The van der Waals surface area contributed by atoms with Gasteiger partial charge in [-0.3, -0.25) is 10.1 Å². The molecule has 32 heavy (non-hydrogen) atoms. The van der Waals surface area contributed by atoms with Crippen molar-refractivity contribution in [3.05, 3.63) is 35.7 Å². The summed E-state index contributed by atoms with van der Waals surface area (Å²) in [5.41, 5.74) is 4.60. The van der Waals surface area contributed by atoms with Crippen LogP contribution >= 0.6 is 11.8 Å². The molecule has 0 spiro atoms. The van der Waals surface area contributed by atoms with Gasteiger partial charge in [-0.05, 0) is 38.0 Å². The van der Waals surface area contributed by atoms with E-state index in [-0.39, 0.29) is 12.6 Å². The lowest BCUT2D eigenvalue weighted by molar-refractivity contribution is -0.137. The van der Waals surface area contributed by atoms with Crippen LogP contribution in [-0.4, -0.2) is 32.0 Å². The van der Waals surface area contributed by atoms with Crippen LogP contribution in [0, 0.1) is 0 Å². The van der Waals surface area contributed by atoms with Gasteiger partial charge in [0.15, 0.2) is 11.0 Å². The number of aromatic nitrogens is 3. The number of alkyl halides is 3. The molecule has 1 aliphatic carbocycles. The molecule has 1 fully saturated rings. The Morgan fingerprint density at radius 1 is 1.25 bits per heavy atom. The number of carbonyl (C=O) groups excluding carboxylic acids is 2. The van der Waals surface area contributed by atoms with Crippen molar-refractivity contribution in [2.45, 2.75) is 68.2 Å². The van der Waals surface area contributed by atoms with Gasteiger partial charge in [-0.2, -0.15) is 13.2 Å². The van der Waals surface area contributed by atoms with Gasteiger partial charge in [0.25, 0.3) is 0 Å². The second kappa shape index (κ2) is 10.2. The van der Waals surface area contributed by atoms with E-state index in [1.165, 1.54) is 6.07 Å². The first-order chi connectivity index (χ1) is 15.1. The number of nitrogens with one attached hydrogen (secondary N) is 2. The number of hydrogen-bond acceptors (Lipinski definition) is 6. The molecule has 1 aromatic carbocycles. The van der Waals surface area contributed by atoms with Gasteiger partial charge in [0, 0.05) is 11.7 Å². The number of benzene rings is 1. The van der Waals surface area contributed by atoms with Gasteiger partial charge in [-0.15, -0.1) is 10.2 Å². The van der Waals surface area contributed by atoms with Crippen LogP contribution in [0.5, 0.6) is 0 Å². The van der Waals surface area contributed by atoms with E-state index in [2.05, 4.69) is 20.8 Å². The number of nitrogens with zero attached hydrogens (tertiary/aromatic N) is 3. The molecule has 4 N–H and O–H groups in total. The molecule has 1 atom stereocenters. The van der Waals surface area contributed by atoms with Crippen LogP contribution in [0.2, 0.25) is 0 Å². The summed E-state index contributed by atoms with van der Waals surface area (Å²) in [5.74, 6) is 0.0312. The Hall–Kier alpha value is -2.76. The lowest BCUT2D eigenvalue weighted by atomic mass is 9.95. The van der Waals surface area contributed by atoms with Gasteiger partial charge >= 0.3 is 12.2 Å². The zero-order valence-electron chi connectivity index (χ0n) is 17.5. The maximum absolute atomic E-state index is 13.0. The fraction of sp³-hybridized carbons (Fsp3) is 0.500. The first-order valence-corrected chi connectivity index (χ1v) is 11.1. The number of nitrogens with two attached hydrogens (primary N) is 1. The van der Waals surface area contributed by atoms with E-state index in [1.54, 1.807) is 13.0 Å². The van der Waals surface area contributed by atoms with Crippen LogP contribution in [0.25, 0.3) is 0 Å². The molecule has 0 saturated heterocycles. The molecule has 0 bridgehead atoms. The fourth-order valence-electron chi connectivity index (χ4n) is 3.64. The number of imide groups is 1. The molecule has 1 heterocycles. The van der Waals surface area contributed by atoms with Crippen LogP contribution in [0.3, 0.4) is 0 Å². The van der Waals surface area contributed by atoms with Gasteiger partial charge < -0.3 is 15.6 Å². The smallest absolute Gasteiger partial charge is 0.378 e. The predicted molar refractivity (Wildman–Crippen MR) is 114 cm³/mol. The molecule has 2 aromatic rings. The average Bonchev–Trinajstić information content (AvgIpc) is 3.14. The largest absolute Gasteiger partial charge is 0.416 e. The van der Waals surface area contributed by atoms with Gasteiger partial charge in [-0.1, -0.05) is 37.1 Å². The van der Waals surface area contributed by atoms with Crippen molar-refractivity contribution in [1.29, 1.82) is 0 Å². The van der Waals surface area contributed by atoms with Crippen molar-refractivity contribution < 1.29 is 22.8 Å². The molecular weight excluding hydrogens is 445 g/mol. The third-order valence-electron chi connectivity index (χ3n) is 5.21. The number of thioether (sulfide) groups is 1. The summed E-state index contributed by atoms with van der Waals surface area (Å²) in [4.78, 5) is 23.0. The van der Waals surface area contributed by atoms with E-state index in [9.17, 15) is 22.8 Å². The monoisotopic (exact) mass is 470 g/mol. The minimum absolute atomic E-state index is 0.131. The number of urea groups is 1. The van der Waals surface area contributed by atoms with Gasteiger partial charge in [0.2, 0.25) is 5.91 Å². The van der Waals surface area contributed by atoms with Crippen molar-refractivity contribution >= 4 is 29.4 Å². The van der Waals surface area contributed by atoms with E-state index in [4.69, 9.17) is 5.73 Å². The summed E-state index contributed by atoms with van der Waals surface area (Å²) in [6, 6.07) is 4.17. The second-order valence-electron chi connectivity index (χ2n) is 7.61. The Kier molecular flexibility index (Phi) is 7.64. The molecule has 1 aromatic heterocycles. The fourth-order valence-corrected chi connectivity index (χ4v) is 4.57. The van der Waals surface area contributed by atoms with Crippen LogP contribution in [0.4, 0.5) is 23.7 Å². The molecule has 12 heteroatoms. The molecule has 1 unspecified atom stereocenters. The Labute approximate surface area is 187 Å². The van der Waals surface area contributed by atoms with Gasteiger partial charge in [-0.25, -0.2) is 4.79 Å². The maximum atomic E-state index is 13.0. The molecule has 1 aliphatic rings. The highest BCUT2D eigenvalue weighted by Gasteiger charge is 2.30. The highest BCUT2D eigenvalue weighted by Crippen LogP contribution is 2.34. The summed E-state index contributed by atoms with van der Waals surface area (Å²) < 4.78 is 40.9. The minimum Gasteiger partial charge on any atom is -0.378 e. The van der Waals surface area contributed by atoms with Gasteiger partial charge in [0.05, 0.1) is 17.4 Å². The highest BCUT2D eigenvalue weighted by molar-refractivity contribution is 8.00. The standard InChI is InChI=1S/C20H25F3N6O2S/c1-12(17(30)26-18(24)31)32-19-28-27-16(29(19)15-8-3-2-4-9-15)11-25-14-7-5-6-13(10-14)20(21,22)23/h5-7,10,12,15,25H,2-4,8-9,11H2,1H3,(H3,24,26,30,31). The molecule has 1 saturated carbocycles. The first-order valence-electron chi connectivity index (χ1n) is 10.3. The minimum atomic E-state index is -4.43. The third kappa shape index (κ3) is 6.15. The number of halogens is 3. The summed E-state index contributed by atoms with van der Waals surface area (Å²) in [6.45, 7) is 1.80. The van der Waals surface area contributed by atoms with Crippen LogP contribution in [0.1, 0.15) is 56.5 Å². The van der Waals surface area contributed by atoms with Crippen molar-refractivity contribution in [2.24, 2.45) is 5.73 Å². The highest BCUT2D eigenvalue weighted by atomic mass is 32.2. The van der Waals surface area contributed by atoms with Crippen molar-refractivity contribution in [3.63, 3.8) is 0 Å². The molecule has 3 amide bonds. The summed E-state index contributed by atoms with van der Waals surface area (Å²) in [7, 11) is 0. The molecule has 8 nitrogen and oxygen atoms in total. The van der Waals surface area contributed by atoms with E-state index in [0.29, 0.717) is 16.7 Å². The molecule has 0 aliphatic heterocycles. The van der Waals surface area contributed by atoms with Crippen LogP contribution in [-0.2, 0) is 17.5 Å². The lowest BCUT2D eigenvalue weighted by Crippen LogP contribution is -2.39. The topological polar surface area (TPSA) is 115 Å². The zero-order chi connectivity index (χ0) is 23.3. The van der Waals surface area contributed by atoms with E-state index < -0.39 is 28.9 Å².